The molecule has 27 heavy (non-hydrogen) atoms. The number of carbonyl (C=O) groups is 1. The lowest BCUT2D eigenvalue weighted by Crippen LogP contribution is -2.15. The Morgan fingerprint density at radius 3 is 3.00 bits per heavy atom. The van der Waals surface area contributed by atoms with Crippen molar-refractivity contribution in [1.82, 2.24) is 19.6 Å². The van der Waals surface area contributed by atoms with Gasteiger partial charge in [-0.25, -0.2) is 10.1 Å². The van der Waals surface area contributed by atoms with Gasteiger partial charge in [-0.05, 0) is 54.6 Å². The van der Waals surface area contributed by atoms with E-state index in [1.807, 2.05) is 59.2 Å². The van der Waals surface area contributed by atoms with E-state index in [9.17, 15) is 4.79 Å². The lowest BCUT2D eigenvalue weighted by atomic mass is 10.2. The van der Waals surface area contributed by atoms with Gasteiger partial charge in [-0.3, -0.25) is 9.20 Å². The number of amides is 1. The molecule has 0 fully saturated rings. The molecule has 1 amide bonds. The highest BCUT2D eigenvalue weighted by Crippen LogP contribution is 2.25. The van der Waals surface area contributed by atoms with E-state index in [4.69, 9.17) is 5.26 Å². The molecule has 0 aliphatic heterocycles. The molecule has 0 aliphatic carbocycles. The molecule has 4 aromatic rings. The number of fused-ring (bicyclic) bond motifs is 3. The van der Waals surface area contributed by atoms with Crippen molar-refractivity contribution in [3.63, 3.8) is 0 Å². The zero-order valence-corrected chi connectivity index (χ0v) is 15.9. The van der Waals surface area contributed by atoms with Gasteiger partial charge in [0.05, 0.1) is 16.8 Å². The monoisotopic (exact) mass is 394 g/mol. The molecule has 0 saturated carbocycles. The lowest BCUT2D eigenvalue weighted by Gasteiger charge is -2.08. The lowest BCUT2D eigenvalue weighted by molar-refractivity contribution is -0.113. The molecule has 0 saturated heterocycles. The molecular weight excluding hydrogens is 380 g/mol. The number of anilines is 1. The van der Waals surface area contributed by atoms with Crippen LogP contribution >= 0.6 is 23.5 Å². The van der Waals surface area contributed by atoms with Gasteiger partial charge >= 0.3 is 0 Å². The molecule has 0 bridgehead atoms. The van der Waals surface area contributed by atoms with Crippen molar-refractivity contribution in [1.29, 1.82) is 5.26 Å². The van der Waals surface area contributed by atoms with E-state index in [1.54, 1.807) is 0 Å². The first kappa shape index (κ1) is 17.5. The molecule has 2 aromatic carbocycles. The smallest absolute Gasteiger partial charge is 0.234 e. The fourth-order valence-corrected chi connectivity index (χ4v) is 3.98. The Labute approximate surface area is 163 Å². The SMILES string of the molecule is Cc1cc(SC#N)ccc1NC(=O)CSc1n[nH]c2nc3ccccc3n12. The summed E-state index contributed by atoms with van der Waals surface area (Å²) in [6, 6.07) is 13.3. The maximum Gasteiger partial charge on any atom is 0.234 e. The average molecular weight is 394 g/mol. The Morgan fingerprint density at radius 2 is 2.19 bits per heavy atom. The van der Waals surface area contributed by atoms with Crippen LogP contribution in [-0.4, -0.2) is 31.2 Å². The average Bonchev–Trinajstić information content (AvgIpc) is 3.22. The summed E-state index contributed by atoms with van der Waals surface area (Å²) in [5.41, 5.74) is 3.48. The van der Waals surface area contributed by atoms with E-state index in [0.29, 0.717) is 10.9 Å². The number of rotatable bonds is 5. The molecule has 134 valence electrons. The normalized spacial score (nSPS) is 11.0. The van der Waals surface area contributed by atoms with Gasteiger partial charge in [-0.2, -0.15) is 5.26 Å². The molecule has 4 rings (SSSR count). The molecule has 0 unspecified atom stereocenters. The first-order valence-electron chi connectivity index (χ1n) is 8.06. The van der Waals surface area contributed by atoms with Crippen LogP contribution in [-0.2, 0) is 4.79 Å². The van der Waals surface area contributed by atoms with E-state index in [1.165, 1.54) is 11.8 Å². The van der Waals surface area contributed by atoms with Crippen LogP contribution in [0, 0.1) is 17.6 Å². The third-order valence-corrected chi connectivity index (χ3v) is 5.49. The Morgan fingerprint density at radius 1 is 1.33 bits per heavy atom. The minimum absolute atomic E-state index is 0.121. The predicted molar refractivity (Wildman–Crippen MR) is 107 cm³/mol. The highest BCUT2D eigenvalue weighted by molar-refractivity contribution is 8.03. The van der Waals surface area contributed by atoms with Gasteiger partial charge in [0.1, 0.15) is 5.40 Å². The largest absolute Gasteiger partial charge is 0.325 e. The van der Waals surface area contributed by atoms with Crippen LogP contribution in [0.25, 0.3) is 16.8 Å². The summed E-state index contributed by atoms with van der Waals surface area (Å²) in [6.07, 6.45) is 0. The van der Waals surface area contributed by atoms with Crippen molar-refractivity contribution in [2.45, 2.75) is 17.0 Å². The third kappa shape index (κ3) is 3.49. The molecule has 0 spiro atoms. The number of imidazole rings is 1. The number of hydrogen-bond donors (Lipinski definition) is 2. The number of hydrogen-bond acceptors (Lipinski definition) is 6. The number of carbonyl (C=O) groups excluding carboxylic acids is 1. The van der Waals surface area contributed by atoms with Gasteiger partial charge in [0, 0.05) is 10.6 Å². The van der Waals surface area contributed by atoms with Gasteiger partial charge in [-0.15, -0.1) is 5.10 Å². The summed E-state index contributed by atoms with van der Waals surface area (Å²) in [5.74, 6) is 0.755. The summed E-state index contributed by atoms with van der Waals surface area (Å²) in [7, 11) is 0. The maximum atomic E-state index is 12.4. The zero-order valence-electron chi connectivity index (χ0n) is 14.3. The summed E-state index contributed by atoms with van der Waals surface area (Å²) in [6.45, 7) is 1.90. The van der Waals surface area contributed by atoms with Gasteiger partial charge in [-0.1, -0.05) is 23.9 Å². The number of thiocyanates is 1. The van der Waals surface area contributed by atoms with Crippen molar-refractivity contribution in [3.05, 3.63) is 48.0 Å². The molecule has 2 N–H and O–H groups in total. The van der Waals surface area contributed by atoms with Gasteiger partial charge in [0.2, 0.25) is 11.7 Å². The second kappa shape index (κ2) is 7.34. The summed E-state index contributed by atoms with van der Waals surface area (Å²) in [5, 5.41) is 21.5. The second-order valence-corrected chi connectivity index (χ2v) is 7.57. The minimum Gasteiger partial charge on any atom is -0.325 e. The Kier molecular flexibility index (Phi) is 4.75. The van der Waals surface area contributed by atoms with Gasteiger partial charge in [0.25, 0.3) is 0 Å². The van der Waals surface area contributed by atoms with Crippen LogP contribution in [0.15, 0.2) is 52.5 Å². The molecule has 2 aromatic heterocycles. The standard InChI is InChI=1S/C18H14N6OS2/c1-11-8-12(27-10-19)6-7-13(11)20-16(25)9-26-18-23-22-17-21-14-4-2-3-5-15(14)24(17)18/h2-8H,9H2,1H3,(H,20,25)(H,21,22). The third-order valence-electron chi connectivity index (χ3n) is 3.97. The van der Waals surface area contributed by atoms with Crippen molar-refractivity contribution in [2.75, 3.05) is 11.1 Å². The first-order valence-corrected chi connectivity index (χ1v) is 9.87. The predicted octanol–water partition coefficient (Wildman–Crippen LogP) is 3.82. The maximum absolute atomic E-state index is 12.4. The van der Waals surface area contributed by atoms with Gasteiger partial charge < -0.3 is 5.32 Å². The van der Waals surface area contributed by atoms with Crippen LogP contribution in [0.3, 0.4) is 0 Å². The van der Waals surface area contributed by atoms with Crippen LogP contribution in [0.1, 0.15) is 5.56 Å². The van der Waals surface area contributed by atoms with Crippen molar-refractivity contribution in [2.24, 2.45) is 0 Å². The quantitative estimate of drug-likeness (QED) is 0.394. The van der Waals surface area contributed by atoms with Crippen molar-refractivity contribution >= 4 is 51.9 Å². The van der Waals surface area contributed by atoms with Crippen LogP contribution in [0.5, 0.6) is 0 Å². The molecule has 0 atom stereocenters. The fraction of sp³-hybridized carbons (Fsp3) is 0.111. The van der Waals surface area contributed by atoms with Crippen LogP contribution in [0.2, 0.25) is 0 Å². The molecule has 0 radical (unpaired) electrons. The molecule has 9 heteroatoms. The topological polar surface area (TPSA) is 98.9 Å². The van der Waals surface area contributed by atoms with E-state index in [2.05, 4.69) is 20.5 Å². The van der Waals surface area contributed by atoms with Crippen molar-refractivity contribution in [3.8, 4) is 5.40 Å². The Balaban J connectivity index is 1.47. The number of aromatic nitrogens is 4. The Bertz CT molecular complexity index is 1190. The number of thioether (sulfide) groups is 2. The highest BCUT2D eigenvalue weighted by Gasteiger charge is 2.14. The summed E-state index contributed by atoms with van der Waals surface area (Å²) in [4.78, 5) is 17.7. The fourth-order valence-electron chi connectivity index (χ4n) is 2.75. The first-order chi connectivity index (χ1) is 13.2. The number of para-hydroxylation sites is 2. The number of nitrogens with one attached hydrogen (secondary N) is 2. The Hall–Kier alpha value is -2.96. The van der Waals surface area contributed by atoms with E-state index in [-0.39, 0.29) is 11.7 Å². The second-order valence-electron chi connectivity index (χ2n) is 5.77. The number of nitrogens with zero attached hydrogens (tertiary/aromatic N) is 4. The highest BCUT2D eigenvalue weighted by atomic mass is 32.2. The molecular formula is C18H14N6OS2. The molecule has 0 aliphatic rings. The minimum atomic E-state index is -0.121. The molecule has 7 nitrogen and oxygen atoms in total. The number of benzene rings is 2. The number of nitriles is 1. The zero-order chi connectivity index (χ0) is 18.8. The number of aromatic amines is 1. The van der Waals surface area contributed by atoms with Crippen LogP contribution < -0.4 is 5.32 Å². The summed E-state index contributed by atoms with van der Waals surface area (Å²) >= 11 is 2.44. The number of aryl methyl sites for hydroxylation is 1. The van der Waals surface area contributed by atoms with Gasteiger partial charge in [0.15, 0.2) is 5.16 Å². The van der Waals surface area contributed by atoms with E-state index in [0.717, 1.165) is 38.9 Å². The van der Waals surface area contributed by atoms with E-state index >= 15 is 0 Å². The molecule has 2 heterocycles. The van der Waals surface area contributed by atoms with Crippen molar-refractivity contribution < 1.29 is 4.79 Å². The summed E-state index contributed by atoms with van der Waals surface area (Å²) < 4.78 is 1.91. The van der Waals surface area contributed by atoms with Crippen LogP contribution in [0.4, 0.5) is 5.69 Å². The number of H-pyrrole nitrogens is 1. The van der Waals surface area contributed by atoms with E-state index < -0.39 is 0 Å².